The number of carbonyl (C=O) groups is 2. The van der Waals surface area contributed by atoms with Gasteiger partial charge in [0.2, 0.25) is 0 Å². The largest absolute Gasteiger partial charge is 0.295 e. The molecule has 1 aromatic rings. The number of fused-ring (bicyclic) bond motifs is 5. The van der Waals surface area contributed by atoms with Gasteiger partial charge in [-0.3, -0.25) is 14.3 Å². The van der Waals surface area contributed by atoms with E-state index in [4.69, 9.17) is 0 Å². The first-order valence-electron chi connectivity index (χ1n) is 11.2. The molecule has 29 heavy (non-hydrogen) atoms. The van der Waals surface area contributed by atoms with Gasteiger partial charge in [-0.05, 0) is 86.3 Å². The lowest BCUT2D eigenvalue weighted by molar-refractivity contribution is -0.130. The predicted molar refractivity (Wildman–Crippen MR) is 113 cm³/mol. The smallest absolute Gasteiger partial charge is 0.165 e. The van der Waals surface area contributed by atoms with Crippen molar-refractivity contribution in [3.63, 3.8) is 0 Å². The number of carbonyl (C=O) groups excluding carboxylic acids is 2. The van der Waals surface area contributed by atoms with Crippen molar-refractivity contribution in [3.05, 3.63) is 34.7 Å². The normalized spacial score (nSPS) is 40.5. The molecule has 0 saturated heterocycles. The molecule has 0 N–H and O–H groups in total. The second-order valence-electron chi connectivity index (χ2n) is 10.5. The molecule has 0 aromatic carbocycles. The van der Waals surface area contributed by atoms with Crippen molar-refractivity contribution in [3.8, 4) is 0 Å². The highest BCUT2D eigenvalue weighted by atomic mass is 16.1. The van der Waals surface area contributed by atoms with Crippen LogP contribution in [0, 0.1) is 35.5 Å². The Hall–Kier alpha value is -1.97. The van der Waals surface area contributed by atoms with Crippen LogP contribution in [0.2, 0.25) is 0 Å². The molecular formula is C25H32N2O2. The molecule has 4 heteroatoms. The van der Waals surface area contributed by atoms with Gasteiger partial charge in [0, 0.05) is 30.6 Å². The first-order valence-corrected chi connectivity index (χ1v) is 11.2. The molecule has 0 amide bonds. The minimum absolute atomic E-state index is 0.160. The number of ketones is 2. The number of aromatic nitrogens is 2. The van der Waals surface area contributed by atoms with E-state index in [0.29, 0.717) is 35.7 Å². The maximum atomic E-state index is 13.5. The third kappa shape index (κ3) is 2.67. The molecule has 4 aliphatic rings. The summed E-state index contributed by atoms with van der Waals surface area (Å²) in [5.74, 6) is 2.32. The molecule has 154 valence electrons. The summed E-state index contributed by atoms with van der Waals surface area (Å²) in [5.41, 5.74) is 4.39. The van der Waals surface area contributed by atoms with Gasteiger partial charge in [-0.1, -0.05) is 19.4 Å². The summed E-state index contributed by atoms with van der Waals surface area (Å²) in [4.78, 5) is 25.5. The van der Waals surface area contributed by atoms with Gasteiger partial charge in [-0.25, -0.2) is 0 Å². The lowest BCUT2D eigenvalue weighted by atomic mass is 9.47. The van der Waals surface area contributed by atoms with Crippen LogP contribution in [-0.2, 0) is 16.6 Å². The van der Waals surface area contributed by atoms with Gasteiger partial charge in [0.1, 0.15) is 0 Å². The molecule has 5 atom stereocenters. The summed E-state index contributed by atoms with van der Waals surface area (Å²) >= 11 is 0. The SMILES string of the molecule is Cc1nn(C)cc1/C=C1/CC2C3CCC4=CC(=O)CCC4(C)C3CCC2(C)C1=O. The number of nitrogens with zero attached hydrogens (tertiary/aromatic N) is 2. The van der Waals surface area contributed by atoms with Crippen molar-refractivity contribution < 1.29 is 9.59 Å². The van der Waals surface area contributed by atoms with Crippen LogP contribution in [0.1, 0.15) is 70.1 Å². The Kier molecular flexibility index (Phi) is 4.11. The standard InChI is InChI=1S/C25H32N2O2/c1-15-17(14-27(4)26-15)11-16-12-22-20-6-5-18-13-19(28)7-9-24(18,2)21(20)8-10-25(22,3)23(16)29/h11,13-14,20-22H,5-10,12H2,1-4H3/b16-11-. The second kappa shape index (κ2) is 6.26. The van der Waals surface area contributed by atoms with Gasteiger partial charge < -0.3 is 0 Å². The average molecular weight is 393 g/mol. The Morgan fingerprint density at radius 2 is 1.90 bits per heavy atom. The Morgan fingerprint density at radius 1 is 1.10 bits per heavy atom. The number of Topliss-reactive ketones (excluding diaryl/α,β-unsaturated/α-hetero) is 1. The molecular weight excluding hydrogens is 360 g/mol. The van der Waals surface area contributed by atoms with Gasteiger partial charge in [-0.2, -0.15) is 5.10 Å². The van der Waals surface area contributed by atoms with E-state index in [2.05, 4.69) is 25.0 Å². The van der Waals surface area contributed by atoms with Crippen molar-refractivity contribution in [1.29, 1.82) is 0 Å². The third-order valence-electron chi connectivity index (χ3n) is 8.98. The van der Waals surface area contributed by atoms with E-state index in [1.165, 1.54) is 5.57 Å². The Morgan fingerprint density at radius 3 is 2.62 bits per heavy atom. The zero-order valence-corrected chi connectivity index (χ0v) is 18.1. The lowest BCUT2D eigenvalue weighted by Gasteiger charge is -2.56. The van der Waals surface area contributed by atoms with E-state index in [-0.39, 0.29) is 10.8 Å². The molecule has 3 fully saturated rings. The van der Waals surface area contributed by atoms with E-state index in [9.17, 15) is 9.59 Å². The maximum Gasteiger partial charge on any atom is 0.165 e. The number of aryl methyl sites for hydroxylation is 2. The van der Waals surface area contributed by atoms with Crippen molar-refractivity contribution >= 4 is 17.6 Å². The second-order valence-corrected chi connectivity index (χ2v) is 10.5. The van der Waals surface area contributed by atoms with Gasteiger partial charge in [0.15, 0.2) is 11.6 Å². The minimum Gasteiger partial charge on any atom is -0.295 e. The summed E-state index contributed by atoms with van der Waals surface area (Å²) in [6.07, 6.45) is 12.9. The third-order valence-corrected chi connectivity index (χ3v) is 8.98. The van der Waals surface area contributed by atoms with Crippen molar-refractivity contribution in [2.45, 2.75) is 65.7 Å². The van der Waals surface area contributed by atoms with Crippen LogP contribution in [0.15, 0.2) is 23.4 Å². The maximum absolute atomic E-state index is 13.5. The molecule has 1 heterocycles. The van der Waals surface area contributed by atoms with E-state index in [0.717, 1.165) is 55.4 Å². The van der Waals surface area contributed by atoms with Crippen molar-refractivity contribution in [2.75, 3.05) is 0 Å². The molecule has 1 aromatic heterocycles. The summed E-state index contributed by atoms with van der Waals surface area (Å²) < 4.78 is 1.83. The summed E-state index contributed by atoms with van der Waals surface area (Å²) in [7, 11) is 1.93. The zero-order chi connectivity index (χ0) is 20.6. The molecule has 0 bridgehead atoms. The molecule has 0 spiro atoms. The molecule has 4 nitrogen and oxygen atoms in total. The van der Waals surface area contributed by atoms with E-state index >= 15 is 0 Å². The quantitative estimate of drug-likeness (QED) is 0.644. The van der Waals surface area contributed by atoms with Crippen LogP contribution in [0.3, 0.4) is 0 Å². The fourth-order valence-corrected chi connectivity index (χ4v) is 7.31. The highest BCUT2D eigenvalue weighted by Crippen LogP contribution is 2.65. The minimum atomic E-state index is -0.217. The van der Waals surface area contributed by atoms with Gasteiger partial charge >= 0.3 is 0 Å². The molecule has 5 rings (SSSR count). The monoisotopic (exact) mass is 392 g/mol. The topological polar surface area (TPSA) is 52.0 Å². The molecule has 0 radical (unpaired) electrons. The van der Waals surface area contributed by atoms with Crippen LogP contribution >= 0.6 is 0 Å². The van der Waals surface area contributed by atoms with Crippen molar-refractivity contribution in [1.82, 2.24) is 9.78 Å². The summed E-state index contributed by atoms with van der Waals surface area (Å²) in [6.45, 7) is 6.64. The number of hydrogen-bond acceptors (Lipinski definition) is 3. The molecule has 4 aliphatic carbocycles. The number of hydrogen-bond donors (Lipinski definition) is 0. The summed E-state index contributed by atoms with van der Waals surface area (Å²) in [5, 5.41) is 4.44. The lowest BCUT2D eigenvalue weighted by Crippen LogP contribution is -2.50. The number of allylic oxidation sites excluding steroid dienone is 2. The fourth-order valence-electron chi connectivity index (χ4n) is 7.31. The fraction of sp³-hybridized carbons (Fsp3) is 0.640. The Bertz CT molecular complexity index is 967. The van der Waals surface area contributed by atoms with Gasteiger partial charge in [0.25, 0.3) is 0 Å². The predicted octanol–water partition coefficient (Wildman–Crippen LogP) is 4.82. The van der Waals surface area contributed by atoms with Crippen LogP contribution in [0.5, 0.6) is 0 Å². The molecule has 5 unspecified atom stereocenters. The van der Waals surface area contributed by atoms with Crippen LogP contribution in [0.25, 0.3) is 6.08 Å². The zero-order valence-electron chi connectivity index (χ0n) is 18.1. The van der Waals surface area contributed by atoms with E-state index in [1.807, 2.05) is 30.9 Å². The highest BCUT2D eigenvalue weighted by Gasteiger charge is 2.60. The van der Waals surface area contributed by atoms with Crippen molar-refractivity contribution in [2.24, 2.45) is 35.6 Å². The Labute approximate surface area is 173 Å². The van der Waals surface area contributed by atoms with Gasteiger partial charge in [-0.15, -0.1) is 0 Å². The van der Waals surface area contributed by atoms with Gasteiger partial charge in [0.05, 0.1) is 5.69 Å². The van der Waals surface area contributed by atoms with Crippen LogP contribution in [0.4, 0.5) is 0 Å². The Balaban J connectivity index is 1.49. The number of rotatable bonds is 1. The van der Waals surface area contributed by atoms with E-state index in [1.54, 1.807) is 0 Å². The van der Waals surface area contributed by atoms with Crippen LogP contribution in [-0.4, -0.2) is 21.3 Å². The molecule has 3 saturated carbocycles. The van der Waals surface area contributed by atoms with Crippen LogP contribution < -0.4 is 0 Å². The molecule has 0 aliphatic heterocycles. The first kappa shape index (κ1) is 19.0. The highest BCUT2D eigenvalue weighted by molar-refractivity contribution is 6.06. The average Bonchev–Trinajstić information content (AvgIpc) is 3.12. The summed E-state index contributed by atoms with van der Waals surface area (Å²) in [6, 6.07) is 0. The van der Waals surface area contributed by atoms with E-state index < -0.39 is 0 Å². The first-order chi connectivity index (χ1) is 13.7.